The van der Waals surface area contributed by atoms with Gasteiger partial charge in [-0.1, -0.05) is 42.8 Å². The van der Waals surface area contributed by atoms with Crippen LogP contribution in [0.3, 0.4) is 0 Å². The monoisotopic (exact) mass is 268 g/mol. The maximum absolute atomic E-state index is 12.0. The lowest BCUT2D eigenvalue weighted by Gasteiger charge is -2.11. The summed E-state index contributed by atoms with van der Waals surface area (Å²) in [4.78, 5) is 16.0. The third kappa shape index (κ3) is 4.19. The highest BCUT2D eigenvalue weighted by molar-refractivity contribution is 5.76. The number of hydrogen-bond acceptors (Lipinski definition) is 2. The molecule has 2 rings (SSSR count). The van der Waals surface area contributed by atoms with Gasteiger partial charge in [0.1, 0.15) is 0 Å². The minimum Gasteiger partial charge on any atom is -0.352 e. The predicted octanol–water partition coefficient (Wildman–Crippen LogP) is 3.20. The molecule has 2 aromatic rings. The summed E-state index contributed by atoms with van der Waals surface area (Å²) >= 11 is 0. The van der Waals surface area contributed by atoms with Crippen LogP contribution in [0.25, 0.3) is 0 Å². The molecule has 1 aromatic carbocycles. The van der Waals surface area contributed by atoms with Gasteiger partial charge in [-0.15, -0.1) is 0 Å². The molecule has 0 aliphatic rings. The zero-order chi connectivity index (χ0) is 14.4. The van der Waals surface area contributed by atoms with Crippen LogP contribution in [0.2, 0.25) is 0 Å². The topological polar surface area (TPSA) is 42.0 Å². The van der Waals surface area contributed by atoms with E-state index in [0.29, 0.717) is 13.0 Å². The summed E-state index contributed by atoms with van der Waals surface area (Å²) < 4.78 is 0. The first-order valence-electron chi connectivity index (χ1n) is 6.87. The second-order valence-electron chi connectivity index (χ2n) is 5.16. The molecule has 1 unspecified atom stereocenters. The van der Waals surface area contributed by atoms with Gasteiger partial charge >= 0.3 is 0 Å². The van der Waals surface area contributed by atoms with E-state index in [9.17, 15) is 4.79 Å². The van der Waals surface area contributed by atoms with Crippen molar-refractivity contribution in [2.45, 2.75) is 32.7 Å². The van der Waals surface area contributed by atoms with E-state index in [2.05, 4.69) is 29.4 Å². The van der Waals surface area contributed by atoms with Gasteiger partial charge in [-0.2, -0.15) is 0 Å². The summed E-state index contributed by atoms with van der Waals surface area (Å²) in [5.74, 6) is 0.254. The zero-order valence-electron chi connectivity index (χ0n) is 12.0. The van der Waals surface area contributed by atoms with Crippen LogP contribution in [0.5, 0.6) is 0 Å². The second-order valence-corrected chi connectivity index (χ2v) is 5.16. The molecule has 1 heterocycles. The summed E-state index contributed by atoms with van der Waals surface area (Å²) in [5, 5.41) is 2.97. The zero-order valence-corrected chi connectivity index (χ0v) is 12.0. The summed E-state index contributed by atoms with van der Waals surface area (Å²) in [6, 6.07) is 12.1. The normalized spacial score (nSPS) is 11.9. The van der Waals surface area contributed by atoms with Crippen LogP contribution < -0.4 is 5.32 Å². The van der Waals surface area contributed by atoms with Crippen molar-refractivity contribution in [3.05, 3.63) is 65.5 Å². The lowest BCUT2D eigenvalue weighted by atomic mass is 9.99. The molecule has 1 N–H and O–H groups in total. The van der Waals surface area contributed by atoms with Gasteiger partial charge in [-0.25, -0.2) is 0 Å². The number of nitrogens with zero attached hydrogens (tertiary/aromatic N) is 1. The van der Waals surface area contributed by atoms with Crippen molar-refractivity contribution in [3.63, 3.8) is 0 Å². The molecular weight excluding hydrogens is 248 g/mol. The first-order valence-corrected chi connectivity index (χ1v) is 6.87. The molecule has 0 aliphatic carbocycles. The van der Waals surface area contributed by atoms with Gasteiger partial charge in [0.15, 0.2) is 0 Å². The second kappa shape index (κ2) is 6.85. The Bertz CT molecular complexity index is 566. The van der Waals surface area contributed by atoms with Gasteiger partial charge in [-0.05, 0) is 30.0 Å². The van der Waals surface area contributed by atoms with Gasteiger partial charge in [0.2, 0.25) is 5.91 Å². The van der Waals surface area contributed by atoms with Gasteiger partial charge < -0.3 is 5.32 Å². The number of benzene rings is 1. The number of nitrogens with one attached hydrogen (secondary N) is 1. The van der Waals surface area contributed by atoms with Crippen molar-refractivity contribution in [3.8, 4) is 0 Å². The van der Waals surface area contributed by atoms with Gasteiger partial charge in [-0.3, -0.25) is 9.78 Å². The standard InChI is InChI=1S/C17H20N2O/c1-13-5-3-6-15(9-13)11-19-17(20)10-14(2)16-7-4-8-18-12-16/h3-9,12,14H,10-11H2,1-2H3,(H,19,20). The fourth-order valence-corrected chi connectivity index (χ4v) is 2.16. The Labute approximate surface area is 120 Å². The summed E-state index contributed by atoms with van der Waals surface area (Å²) in [6.07, 6.45) is 4.05. The van der Waals surface area contributed by atoms with Crippen molar-refractivity contribution in [2.24, 2.45) is 0 Å². The van der Waals surface area contributed by atoms with Crippen molar-refractivity contribution < 1.29 is 4.79 Å². The van der Waals surface area contributed by atoms with Crippen LogP contribution in [-0.4, -0.2) is 10.9 Å². The number of carbonyl (C=O) groups is 1. The van der Waals surface area contributed by atoms with Crippen molar-refractivity contribution in [1.82, 2.24) is 10.3 Å². The molecule has 3 heteroatoms. The van der Waals surface area contributed by atoms with Gasteiger partial charge in [0.25, 0.3) is 0 Å². The smallest absolute Gasteiger partial charge is 0.220 e. The van der Waals surface area contributed by atoms with Crippen LogP contribution in [0, 0.1) is 6.92 Å². The predicted molar refractivity (Wildman–Crippen MR) is 80.3 cm³/mol. The third-order valence-electron chi connectivity index (χ3n) is 3.32. The minimum atomic E-state index is 0.0721. The fraction of sp³-hybridized carbons (Fsp3) is 0.294. The molecule has 20 heavy (non-hydrogen) atoms. The Hall–Kier alpha value is -2.16. The molecule has 104 valence electrons. The maximum Gasteiger partial charge on any atom is 0.220 e. The molecule has 0 bridgehead atoms. The van der Waals surface area contributed by atoms with E-state index >= 15 is 0 Å². The van der Waals surface area contributed by atoms with Crippen LogP contribution >= 0.6 is 0 Å². The number of amides is 1. The highest BCUT2D eigenvalue weighted by atomic mass is 16.1. The molecule has 1 aromatic heterocycles. The Morgan fingerprint density at radius 1 is 1.30 bits per heavy atom. The largest absolute Gasteiger partial charge is 0.352 e. The SMILES string of the molecule is Cc1cccc(CNC(=O)CC(C)c2cccnc2)c1. The molecule has 0 saturated carbocycles. The third-order valence-corrected chi connectivity index (χ3v) is 3.32. The Morgan fingerprint density at radius 3 is 2.85 bits per heavy atom. The first kappa shape index (κ1) is 14.3. The van der Waals surface area contributed by atoms with E-state index in [0.717, 1.165) is 11.1 Å². The fourth-order valence-electron chi connectivity index (χ4n) is 2.16. The average Bonchev–Trinajstić information content (AvgIpc) is 2.46. The molecule has 3 nitrogen and oxygen atoms in total. The van der Waals surface area contributed by atoms with Crippen molar-refractivity contribution >= 4 is 5.91 Å². The average molecular weight is 268 g/mol. The number of aromatic nitrogens is 1. The quantitative estimate of drug-likeness (QED) is 0.904. The van der Waals surface area contributed by atoms with Crippen molar-refractivity contribution in [2.75, 3.05) is 0 Å². The summed E-state index contributed by atoms with van der Waals surface area (Å²) in [7, 11) is 0. The van der Waals surface area contributed by atoms with Crippen LogP contribution in [-0.2, 0) is 11.3 Å². The number of hydrogen-bond donors (Lipinski definition) is 1. The highest BCUT2D eigenvalue weighted by Crippen LogP contribution is 2.17. The molecule has 0 aliphatic heterocycles. The lowest BCUT2D eigenvalue weighted by molar-refractivity contribution is -0.121. The van der Waals surface area contributed by atoms with E-state index < -0.39 is 0 Å². The minimum absolute atomic E-state index is 0.0721. The maximum atomic E-state index is 12.0. The number of aryl methyl sites for hydroxylation is 1. The Kier molecular flexibility index (Phi) is 4.88. The van der Waals surface area contributed by atoms with E-state index in [-0.39, 0.29) is 11.8 Å². The molecule has 0 radical (unpaired) electrons. The summed E-state index contributed by atoms with van der Waals surface area (Å²) in [5.41, 5.74) is 3.44. The number of pyridine rings is 1. The van der Waals surface area contributed by atoms with Crippen LogP contribution in [0.15, 0.2) is 48.8 Å². The molecule has 1 amide bonds. The highest BCUT2D eigenvalue weighted by Gasteiger charge is 2.10. The Morgan fingerprint density at radius 2 is 2.15 bits per heavy atom. The van der Waals surface area contributed by atoms with E-state index in [1.807, 2.05) is 37.4 Å². The van der Waals surface area contributed by atoms with E-state index in [1.54, 1.807) is 6.20 Å². The Balaban J connectivity index is 1.84. The van der Waals surface area contributed by atoms with E-state index in [4.69, 9.17) is 0 Å². The molecular formula is C17H20N2O. The number of rotatable bonds is 5. The van der Waals surface area contributed by atoms with Gasteiger partial charge in [0.05, 0.1) is 0 Å². The molecule has 0 saturated heterocycles. The lowest BCUT2D eigenvalue weighted by Crippen LogP contribution is -2.24. The molecule has 0 fully saturated rings. The van der Waals surface area contributed by atoms with Crippen LogP contribution in [0.1, 0.15) is 36.0 Å². The van der Waals surface area contributed by atoms with Gasteiger partial charge in [0, 0.05) is 25.4 Å². The van der Waals surface area contributed by atoms with Crippen LogP contribution in [0.4, 0.5) is 0 Å². The van der Waals surface area contributed by atoms with E-state index in [1.165, 1.54) is 5.56 Å². The molecule has 1 atom stereocenters. The van der Waals surface area contributed by atoms with Crippen molar-refractivity contribution in [1.29, 1.82) is 0 Å². The summed E-state index contributed by atoms with van der Waals surface area (Å²) in [6.45, 7) is 4.68. The number of carbonyl (C=O) groups excluding carboxylic acids is 1. The first-order chi connectivity index (χ1) is 9.65. The molecule has 0 spiro atoms.